The largest absolute Gasteiger partial charge is 0.461 e. The molecule has 1 saturated heterocycles. The van der Waals surface area contributed by atoms with E-state index >= 15 is 0 Å². The zero-order valence-corrected chi connectivity index (χ0v) is 16.0. The van der Waals surface area contributed by atoms with Gasteiger partial charge in [-0.1, -0.05) is 29.4 Å². The monoisotopic (exact) mass is 362 g/mol. The van der Waals surface area contributed by atoms with Crippen molar-refractivity contribution >= 4 is 16.7 Å². The van der Waals surface area contributed by atoms with Crippen LogP contribution in [-0.2, 0) is 6.42 Å². The maximum Gasteiger partial charge on any atom is 0.134 e. The Labute approximate surface area is 160 Å². The smallest absolute Gasteiger partial charge is 0.134 e. The molecule has 4 heteroatoms. The molecule has 1 fully saturated rings. The Hall–Kier alpha value is -2.59. The van der Waals surface area contributed by atoms with Gasteiger partial charge in [0.2, 0.25) is 0 Å². The molecule has 4 rings (SSSR count). The summed E-state index contributed by atoms with van der Waals surface area (Å²) >= 11 is 0. The van der Waals surface area contributed by atoms with Crippen molar-refractivity contribution in [1.82, 2.24) is 4.90 Å². The minimum absolute atomic E-state index is 0.611. The summed E-state index contributed by atoms with van der Waals surface area (Å²) < 4.78 is 6.05. The summed E-state index contributed by atoms with van der Waals surface area (Å²) in [6.45, 7) is 6.38. The highest BCUT2D eigenvalue weighted by atomic mass is 16.4. The van der Waals surface area contributed by atoms with Gasteiger partial charge >= 0.3 is 0 Å². The minimum atomic E-state index is 0.611. The van der Waals surface area contributed by atoms with Gasteiger partial charge in [-0.3, -0.25) is 0 Å². The molecule has 1 aromatic heterocycles. The summed E-state index contributed by atoms with van der Waals surface area (Å²) in [5.41, 5.74) is 4.71. The molecule has 0 radical (unpaired) electrons. The Morgan fingerprint density at radius 2 is 2.04 bits per heavy atom. The summed E-state index contributed by atoms with van der Waals surface area (Å²) in [7, 11) is 0. The van der Waals surface area contributed by atoms with E-state index in [4.69, 9.17) is 9.62 Å². The number of furan rings is 1. The van der Waals surface area contributed by atoms with E-state index < -0.39 is 0 Å². The van der Waals surface area contributed by atoms with E-state index in [1.807, 2.05) is 24.3 Å². The van der Waals surface area contributed by atoms with Gasteiger partial charge in [0.05, 0.1) is 5.71 Å². The first-order chi connectivity index (χ1) is 13.1. The normalized spacial score (nSPS) is 18.4. The lowest BCUT2D eigenvalue weighted by Gasteiger charge is -2.19. The van der Waals surface area contributed by atoms with Crippen molar-refractivity contribution in [1.29, 1.82) is 0 Å². The zero-order valence-electron chi connectivity index (χ0n) is 16.0. The van der Waals surface area contributed by atoms with E-state index in [1.54, 1.807) is 6.92 Å². The van der Waals surface area contributed by atoms with E-state index in [0.29, 0.717) is 11.8 Å². The molecule has 27 heavy (non-hydrogen) atoms. The van der Waals surface area contributed by atoms with Crippen molar-refractivity contribution in [2.75, 3.05) is 13.1 Å². The van der Waals surface area contributed by atoms with Gasteiger partial charge in [-0.25, -0.2) is 0 Å². The van der Waals surface area contributed by atoms with Gasteiger partial charge in [0.1, 0.15) is 11.3 Å². The van der Waals surface area contributed by atoms with Crippen LogP contribution in [0.4, 0.5) is 0 Å². The Balaban J connectivity index is 1.56. The third kappa shape index (κ3) is 3.76. The first-order valence-corrected chi connectivity index (χ1v) is 9.70. The van der Waals surface area contributed by atoms with Crippen LogP contribution in [0.15, 0.2) is 58.1 Å². The highest BCUT2D eigenvalue weighted by Gasteiger charge is 2.20. The number of likely N-dealkylation sites (tertiary alicyclic amines) is 1. The van der Waals surface area contributed by atoms with Crippen LogP contribution in [0.3, 0.4) is 0 Å². The van der Waals surface area contributed by atoms with Crippen LogP contribution >= 0.6 is 0 Å². The van der Waals surface area contributed by atoms with E-state index in [0.717, 1.165) is 46.4 Å². The molecular weight excluding hydrogens is 336 g/mol. The van der Waals surface area contributed by atoms with E-state index in [9.17, 15) is 0 Å². The van der Waals surface area contributed by atoms with Crippen LogP contribution in [-0.4, -0.2) is 35.0 Å². The molecule has 4 nitrogen and oxygen atoms in total. The van der Waals surface area contributed by atoms with Crippen molar-refractivity contribution in [3.05, 3.63) is 59.9 Å². The third-order valence-corrected chi connectivity index (χ3v) is 5.67. The Morgan fingerprint density at radius 3 is 2.81 bits per heavy atom. The number of benzene rings is 2. The standard InChI is InChI=1S/C23H26N2O2/c1-16-5-4-11-25(16)12-10-22-15-21-14-20(8-9-23(21)27-22)19-7-3-6-18(13-19)17(2)24-26/h3,6-9,13-16,26H,4-5,10-12H2,1-2H3/t16-/m1/s1. The van der Waals surface area contributed by atoms with Crippen LogP contribution in [0.5, 0.6) is 0 Å². The van der Waals surface area contributed by atoms with Crippen molar-refractivity contribution < 1.29 is 9.62 Å². The maximum atomic E-state index is 9.01. The highest BCUT2D eigenvalue weighted by Crippen LogP contribution is 2.28. The molecule has 1 aliphatic rings. The third-order valence-electron chi connectivity index (χ3n) is 5.67. The number of nitrogens with zero attached hydrogens (tertiary/aromatic N) is 2. The van der Waals surface area contributed by atoms with Gasteiger partial charge in [0.15, 0.2) is 0 Å². The van der Waals surface area contributed by atoms with Gasteiger partial charge in [-0.2, -0.15) is 0 Å². The molecule has 0 spiro atoms. The molecular formula is C23H26N2O2. The van der Waals surface area contributed by atoms with Crippen LogP contribution < -0.4 is 0 Å². The summed E-state index contributed by atoms with van der Waals surface area (Å²) in [6.07, 6.45) is 3.57. The average molecular weight is 362 g/mol. The fourth-order valence-electron chi connectivity index (χ4n) is 3.96. The van der Waals surface area contributed by atoms with Crippen molar-refractivity contribution in [2.24, 2.45) is 5.16 Å². The first kappa shape index (κ1) is 17.8. The van der Waals surface area contributed by atoms with Crippen molar-refractivity contribution in [3.8, 4) is 11.1 Å². The quantitative estimate of drug-likeness (QED) is 0.379. The van der Waals surface area contributed by atoms with Gasteiger partial charge < -0.3 is 14.5 Å². The molecule has 1 N–H and O–H groups in total. The second kappa shape index (κ2) is 7.57. The topological polar surface area (TPSA) is 49.0 Å². The lowest BCUT2D eigenvalue weighted by Crippen LogP contribution is -2.28. The van der Waals surface area contributed by atoms with Crippen LogP contribution in [0.2, 0.25) is 0 Å². The SMILES string of the molecule is CC(=NO)c1cccc(-c2ccc3oc(CCN4CCC[C@H]4C)cc3c2)c1. The van der Waals surface area contributed by atoms with Gasteiger partial charge in [0.25, 0.3) is 0 Å². The maximum absolute atomic E-state index is 9.01. The van der Waals surface area contributed by atoms with Crippen molar-refractivity contribution in [2.45, 2.75) is 39.2 Å². The first-order valence-electron chi connectivity index (χ1n) is 9.70. The van der Waals surface area contributed by atoms with E-state index in [2.05, 4.69) is 41.2 Å². The van der Waals surface area contributed by atoms with Crippen LogP contribution in [0.1, 0.15) is 38.0 Å². The molecule has 1 aliphatic heterocycles. The fourth-order valence-corrected chi connectivity index (χ4v) is 3.96. The van der Waals surface area contributed by atoms with Gasteiger partial charge in [0, 0.05) is 24.4 Å². The Morgan fingerprint density at radius 1 is 1.19 bits per heavy atom. The average Bonchev–Trinajstić information content (AvgIpc) is 3.30. The number of hydrogen-bond acceptors (Lipinski definition) is 4. The molecule has 0 saturated carbocycles. The lowest BCUT2D eigenvalue weighted by atomic mass is 10.0. The molecule has 140 valence electrons. The summed E-state index contributed by atoms with van der Waals surface area (Å²) in [6, 6.07) is 17.2. The zero-order chi connectivity index (χ0) is 18.8. The summed E-state index contributed by atoms with van der Waals surface area (Å²) in [5, 5.41) is 13.4. The Kier molecular flexibility index (Phi) is 4.99. The van der Waals surface area contributed by atoms with E-state index in [1.165, 1.54) is 19.4 Å². The molecule has 0 unspecified atom stereocenters. The Bertz CT molecular complexity index is 973. The molecule has 0 aliphatic carbocycles. The molecule has 3 aromatic rings. The predicted molar refractivity (Wildman–Crippen MR) is 110 cm³/mol. The molecule has 1 atom stereocenters. The number of oxime groups is 1. The molecule has 0 bridgehead atoms. The van der Waals surface area contributed by atoms with Crippen molar-refractivity contribution in [3.63, 3.8) is 0 Å². The highest BCUT2D eigenvalue weighted by molar-refractivity contribution is 5.99. The second-order valence-corrected chi connectivity index (χ2v) is 7.51. The van der Waals surface area contributed by atoms with Gasteiger partial charge in [-0.15, -0.1) is 0 Å². The molecule has 2 heterocycles. The molecule has 0 amide bonds. The van der Waals surface area contributed by atoms with Crippen LogP contribution in [0.25, 0.3) is 22.1 Å². The molecule has 2 aromatic carbocycles. The van der Waals surface area contributed by atoms with Gasteiger partial charge in [-0.05, 0) is 74.2 Å². The number of hydrogen-bond donors (Lipinski definition) is 1. The lowest BCUT2D eigenvalue weighted by molar-refractivity contribution is 0.266. The minimum Gasteiger partial charge on any atom is -0.461 e. The fraction of sp³-hybridized carbons (Fsp3) is 0.348. The predicted octanol–water partition coefficient (Wildman–Crippen LogP) is 5.32. The number of fused-ring (bicyclic) bond motifs is 1. The van der Waals surface area contributed by atoms with Crippen LogP contribution in [0, 0.1) is 0 Å². The number of rotatable bonds is 5. The second-order valence-electron chi connectivity index (χ2n) is 7.51. The summed E-state index contributed by atoms with van der Waals surface area (Å²) in [5.74, 6) is 1.05. The summed E-state index contributed by atoms with van der Waals surface area (Å²) in [4.78, 5) is 2.55. The van der Waals surface area contributed by atoms with E-state index in [-0.39, 0.29) is 0 Å².